The number of nitrogens with zero attached hydrogens (tertiary/aromatic N) is 1. The molecule has 4 aliphatic rings. The summed E-state index contributed by atoms with van der Waals surface area (Å²) >= 11 is 0. The lowest BCUT2D eigenvalue weighted by atomic mass is 9.49. The van der Waals surface area contributed by atoms with Crippen molar-refractivity contribution in [3.8, 4) is 11.5 Å². The summed E-state index contributed by atoms with van der Waals surface area (Å²) in [5, 5.41) is 24.7. The molecule has 1 aromatic heterocycles. The van der Waals surface area contributed by atoms with Crippen LogP contribution in [0.1, 0.15) is 67.5 Å². The number of H-pyrrole nitrogens is 1. The summed E-state index contributed by atoms with van der Waals surface area (Å²) in [6, 6.07) is 12.3. The molecule has 3 N–H and O–H groups in total. The number of unbranched alkanes of at least 4 members (excludes halogenated alkanes) is 3. The number of aliphatic hydroxyl groups is 1. The second-order valence-electron chi connectivity index (χ2n) is 10.6. The monoisotopic (exact) mass is 444 g/mol. The summed E-state index contributed by atoms with van der Waals surface area (Å²) in [4.78, 5) is 6.21. The Balaban J connectivity index is 1.42. The number of rotatable bonds is 5. The zero-order valence-corrected chi connectivity index (χ0v) is 19.2. The van der Waals surface area contributed by atoms with Crippen LogP contribution in [0.4, 0.5) is 0 Å². The van der Waals surface area contributed by atoms with Crippen LogP contribution in [0, 0.1) is 0 Å². The Kier molecular flexibility index (Phi) is 4.09. The molecule has 172 valence electrons. The van der Waals surface area contributed by atoms with Gasteiger partial charge < -0.3 is 19.9 Å². The van der Waals surface area contributed by atoms with Crippen molar-refractivity contribution >= 4 is 10.9 Å². The third-order valence-corrected chi connectivity index (χ3v) is 9.18. The third-order valence-electron chi connectivity index (χ3n) is 9.18. The van der Waals surface area contributed by atoms with E-state index in [0.717, 1.165) is 42.7 Å². The number of aromatic hydroxyl groups is 1. The molecule has 1 spiro atoms. The van der Waals surface area contributed by atoms with Gasteiger partial charge in [0.1, 0.15) is 0 Å². The van der Waals surface area contributed by atoms with E-state index in [-0.39, 0.29) is 17.9 Å². The highest BCUT2D eigenvalue weighted by molar-refractivity contribution is 5.86. The second-order valence-corrected chi connectivity index (χ2v) is 10.6. The maximum atomic E-state index is 12.8. The van der Waals surface area contributed by atoms with Crippen molar-refractivity contribution in [2.45, 2.75) is 75.0 Å². The summed E-state index contributed by atoms with van der Waals surface area (Å²) < 4.78 is 6.62. The van der Waals surface area contributed by atoms with Crippen molar-refractivity contribution in [2.75, 3.05) is 13.1 Å². The van der Waals surface area contributed by atoms with Crippen molar-refractivity contribution in [3.63, 3.8) is 0 Å². The molecule has 3 heterocycles. The largest absolute Gasteiger partial charge is 0.504 e. The maximum Gasteiger partial charge on any atom is 0.166 e. The zero-order chi connectivity index (χ0) is 22.4. The molecule has 2 aliphatic heterocycles. The van der Waals surface area contributed by atoms with Crippen LogP contribution in [-0.2, 0) is 18.3 Å². The lowest BCUT2D eigenvalue weighted by Gasteiger charge is -2.62. The van der Waals surface area contributed by atoms with E-state index in [4.69, 9.17) is 4.74 Å². The Morgan fingerprint density at radius 1 is 1.15 bits per heavy atom. The number of ether oxygens (including phenoxy) is 1. The van der Waals surface area contributed by atoms with Gasteiger partial charge in [-0.05, 0) is 55.6 Å². The Morgan fingerprint density at radius 3 is 2.91 bits per heavy atom. The first-order valence-electron chi connectivity index (χ1n) is 12.7. The molecular formula is C28H32N2O3. The first-order chi connectivity index (χ1) is 16.1. The second kappa shape index (κ2) is 6.77. The third kappa shape index (κ3) is 2.35. The number of nitrogens with one attached hydrogen (secondary N) is 1. The molecule has 0 unspecified atom stereocenters. The van der Waals surface area contributed by atoms with Gasteiger partial charge in [0, 0.05) is 28.9 Å². The number of phenolic OH excluding ortho intramolecular Hbond substituents is 1. The number of benzene rings is 2. The van der Waals surface area contributed by atoms with Gasteiger partial charge in [0.05, 0.1) is 16.7 Å². The van der Waals surface area contributed by atoms with Crippen molar-refractivity contribution in [1.29, 1.82) is 0 Å². The number of likely N-dealkylation sites (tertiary alicyclic amines) is 1. The highest BCUT2D eigenvalue weighted by atomic mass is 16.5. The van der Waals surface area contributed by atoms with Gasteiger partial charge in [-0.3, -0.25) is 4.90 Å². The van der Waals surface area contributed by atoms with E-state index < -0.39 is 11.0 Å². The number of phenols is 1. The minimum Gasteiger partial charge on any atom is -0.504 e. The standard InChI is InChI=1S/C28H32N2O3/c1-2-3-4-7-13-30-14-12-27-23-17-10-11-21(31)25(23)33-26(27)24-19(16-28(27,32)22(30)15-17)18-8-5-6-9-20(18)29-24/h5-6,8-11,22,26,29,31-32H,2-4,7,12-16H2,1H3/t22-,26+,27+,28-/m1/s1. The molecule has 5 heteroatoms. The summed E-state index contributed by atoms with van der Waals surface area (Å²) in [6.45, 7) is 4.25. The molecule has 2 aliphatic carbocycles. The topological polar surface area (TPSA) is 68.7 Å². The Morgan fingerprint density at radius 2 is 2.03 bits per heavy atom. The molecule has 2 aromatic carbocycles. The number of aromatic nitrogens is 1. The number of fused-ring (bicyclic) bond motifs is 4. The number of aromatic amines is 1. The minimum absolute atomic E-state index is 0.0591. The fourth-order valence-electron chi connectivity index (χ4n) is 7.73. The summed E-state index contributed by atoms with van der Waals surface area (Å²) in [6.07, 6.45) is 6.90. The molecular weight excluding hydrogens is 412 g/mol. The van der Waals surface area contributed by atoms with Crippen LogP contribution in [0.3, 0.4) is 0 Å². The van der Waals surface area contributed by atoms with Crippen LogP contribution in [-0.4, -0.2) is 44.8 Å². The summed E-state index contributed by atoms with van der Waals surface area (Å²) in [5.41, 5.74) is 4.22. The smallest absolute Gasteiger partial charge is 0.166 e. The Bertz CT molecular complexity index is 1270. The summed E-state index contributed by atoms with van der Waals surface area (Å²) in [7, 11) is 0. The normalized spacial score (nSPS) is 31.3. The molecule has 33 heavy (non-hydrogen) atoms. The van der Waals surface area contributed by atoms with Crippen LogP contribution in [0.15, 0.2) is 36.4 Å². The Hall–Kier alpha value is -2.50. The predicted octanol–water partition coefficient (Wildman–Crippen LogP) is 4.74. The van der Waals surface area contributed by atoms with Crippen LogP contribution < -0.4 is 4.74 Å². The first-order valence-corrected chi connectivity index (χ1v) is 12.7. The van der Waals surface area contributed by atoms with Gasteiger partial charge in [-0.2, -0.15) is 0 Å². The van der Waals surface area contributed by atoms with E-state index in [1.807, 2.05) is 0 Å². The molecule has 7 rings (SSSR count). The molecule has 0 amide bonds. The van der Waals surface area contributed by atoms with Crippen molar-refractivity contribution < 1.29 is 14.9 Å². The van der Waals surface area contributed by atoms with E-state index in [1.54, 1.807) is 6.07 Å². The van der Waals surface area contributed by atoms with Crippen LogP contribution >= 0.6 is 0 Å². The number of hydrogen-bond donors (Lipinski definition) is 3. The lowest BCUT2D eigenvalue weighted by Crippen LogP contribution is -2.74. The highest BCUT2D eigenvalue weighted by Gasteiger charge is 2.72. The van der Waals surface area contributed by atoms with E-state index in [9.17, 15) is 10.2 Å². The van der Waals surface area contributed by atoms with Crippen molar-refractivity contribution in [1.82, 2.24) is 9.88 Å². The molecule has 1 fully saturated rings. The predicted molar refractivity (Wildman–Crippen MR) is 128 cm³/mol. The average molecular weight is 445 g/mol. The van der Waals surface area contributed by atoms with Gasteiger partial charge in [-0.25, -0.2) is 0 Å². The van der Waals surface area contributed by atoms with Crippen LogP contribution in [0.2, 0.25) is 0 Å². The number of piperidine rings is 1. The van der Waals surface area contributed by atoms with Crippen LogP contribution in [0.25, 0.3) is 10.9 Å². The van der Waals surface area contributed by atoms with Crippen LogP contribution in [0.5, 0.6) is 11.5 Å². The van der Waals surface area contributed by atoms with E-state index >= 15 is 0 Å². The van der Waals surface area contributed by atoms with Gasteiger partial charge in [0.25, 0.3) is 0 Å². The van der Waals surface area contributed by atoms with Gasteiger partial charge in [-0.1, -0.05) is 50.5 Å². The van der Waals surface area contributed by atoms with Crippen molar-refractivity contribution in [3.05, 3.63) is 58.8 Å². The van der Waals surface area contributed by atoms with Crippen molar-refractivity contribution in [2.24, 2.45) is 0 Å². The molecule has 3 aromatic rings. The average Bonchev–Trinajstić information content (AvgIpc) is 3.35. The highest BCUT2D eigenvalue weighted by Crippen LogP contribution is 2.68. The maximum absolute atomic E-state index is 12.8. The fraction of sp³-hybridized carbons (Fsp3) is 0.500. The fourth-order valence-corrected chi connectivity index (χ4v) is 7.73. The van der Waals surface area contributed by atoms with E-state index in [0.29, 0.717) is 12.2 Å². The molecule has 4 atom stereocenters. The molecule has 1 saturated heterocycles. The SMILES string of the molecule is CCCCCCN1CC[C@]23c4c5ccc(O)c4O[C@H]2c2[nH]c4ccccc4c2C[C@@]3(O)[C@H]1C5. The molecule has 5 nitrogen and oxygen atoms in total. The Labute approximate surface area is 194 Å². The number of para-hydroxylation sites is 1. The van der Waals surface area contributed by atoms with E-state index in [1.165, 1.54) is 42.2 Å². The van der Waals surface area contributed by atoms with Gasteiger partial charge >= 0.3 is 0 Å². The van der Waals surface area contributed by atoms with Gasteiger partial charge in [0.15, 0.2) is 17.6 Å². The lowest BCUT2D eigenvalue weighted by molar-refractivity contribution is -0.172. The van der Waals surface area contributed by atoms with Gasteiger partial charge in [0.2, 0.25) is 0 Å². The quantitative estimate of drug-likeness (QED) is 0.497. The molecule has 0 saturated carbocycles. The zero-order valence-electron chi connectivity index (χ0n) is 19.2. The minimum atomic E-state index is -0.926. The molecule has 0 radical (unpaired) electrons. The molecule has 2 bridgehead atoms. The van der Waals surface area contributed by atoms with Gasteiger partial charge in [-0.15, -0.1) is 0 Å². The first kappa shape index (κ1) is 19.9. The summed E-state index contributed by atoms with van der Waals surface area (Å²) in [5.74, 6) is 0.787. The van der Waals surface area contributed by atoms with E-state index in [2.05, 4.69) is 47.1 Å². The number of hydrogen-bond acceptors (Lipinski definition) is 4.